The predicted molar refractivity (Wildman–Crippen MR) is 57.5 cm³/mol. The van der Waals surface area contributed by atoms with Gasteiger partial charge < -0.3 is 9.30 Å². The number of aryl methyl sites for hydroxylation is 1. The van der Waals surface area contributed by atoms with Crippen molar-refractivity contribution in [3.8, 4) is 0 Å². The molecule has 15 heavy (non-hydrogen) atoms. The maximum absolute atomic E-state index is 11.5. The van der Waals surface area contributed by atoms with Crippen molar-refractivity contribution in [2.45, 2.75) is 0 Å². The Bertz CT molecular complexity index is 535. The molecule has 0 radical (unpaired) electrons. The third-order valence-corrected chi connectivity index (χ3v) is 2.46. The number of nitrogens with zero attached hydrogens (tertiary/aromatic N) is 3. The molecule has 0 atom stereocenters. The van der Waals surface area contributed by atoms with E-state index in [-0.39, 0.29) is 0 Å². The second-order valence-electron chi connectivity index (χ2n) is 3.01. The summed E-state index contributed by atoms with van der Waals surface area (Å²) in [6.45, 7) is 0. The van der Waals surface area contributed by atoms with Crippen molar-refractivity contribution in [2.75, 3.05) is 7.11 Å². The van der Waals surface area contributed by atoms with Gasteiger partial charge in [-0.25, -0.2) is 14.8 Å². The van der Waals surface area contributed by atoms with Crippen molar-refractivity contribution in [1.29, 1.82) is 0 Å². The van der Waals surface area contributed by atoms with Crippen molar-refractivity contribution >= 4 is 33.1 Å². The number of hydrogen-bond donors (Lipinski definition) is 0. The number of ether oxygens (including phenoxy) is 1. The second kappa shape index (κ2) is 3.62. The maximum Gasteiger partial charge on any atom is 0.340 e. The van der Waals surface area contributed by atoms with Gasteiger partial charge >= 0.3 is 5.97 Å². The maximum atomic E-state index is 11.5. The van der Waals surface area contributed by atoms with Crippen LogP contribution in [0.2, 0.25) is 0 Å². The predicted octanol–water partition coefficient (Wildman–Crippen LogP) is 1.52. The van der Waals surface area contributed by atoms with Gasteiger partial charge in [-0.1, -0.05) is 0 Å². The van der Waals surface area contributed by atoms with E-state index in [1.54, 1.807) is 24.0 Å². The topological polar surface area (TPSA) is 57.0 Å². The summed E-state index contributed by atoms with van der Waals surface area (Å²) >= 11 is 3.22. The Morgan fingerprint density at radius 3 is 3.00 bits per heavy atom. The van der Waals surface area contributed by atoms with Crippen molar-refractivity contribution in [3.05, 3.63) is 22.6 Å². The first-order valence-electron chi connectivity index (χ1n) is 4.19. The van der Waals surface area contributed by atoms with Gasteiger partial charge in [0, 0.05) is 7.05 Å². The third kappa shape index (κ3) is 1.61. The quantitative estimate of drug-likeness (QED) is 0.582. The molecule has 0 amide bonds. The lowest BCUT2D eigenvalue weighted by molar-refractivity contribution is 0.0602. The zero-order valence-electron chi connectivity index (χ0n) is 8.19. The molecule has 0 saturated carbocycles. The zero-order valence-corrected chi connectivity index (χ0v) is 9.78. The highest BCUT2D eigenvalue weighted by Gasteiger charge is 2.15. The van der Waals surface area contributed by atoms with Gasteiger partial charge in [0.15, 0.2) is 5.65 Å². The van der Waals surface area contributed by atoms with Gasteiger partial charge in [0.1, 0.15) is 10.1 Å². The van der Waals surface area contributed by atoms with Crippen molar-refractivity contribution < 1.29 is 9.53 Å². The molecule has 0 aliphatic heterocycles. The van der Waals surface area contributed by atoms with Crippen LogP contribution >= 0.6 is 15.9 Å². The standard InChI is InChI=1S/C9H8BrN3O2/c1-13-4-11-8-7(13)5(9(14)15-2)3-6(10)12-8/h3-4H,1-2H3. The van der Waals surface area contributed by atoms with E-state index in [0.29, 0.717) is 21.3 Å². The third-order valence-electron chi connectivity index (χ3n) is 2.05. The van der Waals surface area contributed by atoms with Crippen LogP contribution in [0.15, 0.2) is 17.0 Å². The second-order valence-corrected chi connectivity index (χ2v) is 3.82. The van der Waals surface area contributed by atoms with Crippen LogP contribution in [0, 0.1) is 0 Å². The molecule has 0 aliphatic rings. The number of carbonyl (C=O) groups excluding carboxylic acids is 1. The monoisotopic (exact) mass is 269 g/mol. The smallest absolute Gasteiger partial charge is 0.340 e. The highest BCUT2D eigenvalue weighted by Crippen LogP contribution is 2.20. The SMILES string of the molecule is COC(=O)c1cc(Br)nc2ncn(C)c12. The van der Waals surface area contributed by atoms with E-state index in [1.807, 2.05) is 0 Å². The fourth-order valence-electron chi connectivity index (χ4n) is 1.40. The van der Waals surface area contributed by atoms with E-state index in [2.05, 4.69) is 25.9 Å². The van der Waals surface area contributed by atoms with Crippen LogP contribution < -0.4 is 0 Å². The number of fused-ring (bicyclic) bond motifs is 1. The van der Waals surface area contributed by atoms with Crippen LogP contribution in [0.4, 0.5) is 0 Å². The molecule has 2 heterocycles. The lowest BCUT2D eigenvalue weighted by Gasteiger charge is -2.03. The molecule has 5 nitrogen and oxygen atoms in total. The highest BCUT2D eigenvalue weighted by molar-refractivity contribution is 9.10. The zero-order chi connectivity index (χ0) is 11.0. The summed E-state index contributed by atoms with van der Waals surface area (Å²) in [5.41, 5.74) is 1.65. The first-order chi connectivity index (χ1) is 7.13. The van der Waals surface area contributed by atoms with Gasteiger partial charge in [-0.05, 0) is 22.0 Å². The van der Waals surface area contributed by atoms with Crippen LogP contribution in [0.25, 0.3) is 11.2 Å². The largest absolute Gasteiger partial charge is 0.465 e. The fourth-order valence-corrected chi connectivity index (χ4v) is 1.79. The molecule has 0 bridgehead atoms. The van der Waals surface area contributed by atoms with Gasteiger partial charge in [-0.3, -0.25) is 0 Å². The summed E-state index contributed by atoms with van der Waals surface area (Å²) in [5, 5.41) is 0. The highest BCUT2D eigenvalue weighted by atomic mass is 79.9. The van der Waals surface area contributed by atoms with Crippen LogP contribution in [0.3, 0.4) is 0 Å². The van der Waals surface area contributed by atoms with Crippen LogP contribution in [-0.2, 0) is 11.8 Å². The van der Waals surface area contributed by atoms with Crippen LogP contribution in [-0.4, -0.2) is 27.6 Å². The summed E-state index contributed by atoms with van der Waals surface area (Å²) in [4.78, 5) is 19.7. The Labute approximate surface area is 94.2 Å². The first-order valence-corrected chi connectivity index (χ1v) is 4.98. The molecule has 0 aromatic carbocycles. The molecule has 0 unspecified atom stereocenters. The summed E-state index contributed by atoms with van der Waals surface area (Å²) in [6.07, 6.45) is 1.61. The van der Waals surface area contributed by atoms with Crippen LogP contribution in [0.5, 0.6) is 0 Å². The average Bonchev–Trinajstić information content (AvgIpc) is 2.58. The first kappa shape index (κ1) is 10.1. The fraction of sp³-hybridized carbons (Fsp3) is 0.222. The Hall–Kier alpha value is -1.43. The van der Waals surface area contributed by atoms with E-state index in [9.17, 15) is 4.79 Å². The molecule has 0 spiro atoms. The Morgan fingerprint density at radius 1 is 1.60 bits per heavy atom. The molecule has 0 N–H and O–H groups in total. The van der Waals surface area contributed by atoms with E-state index >= 15 is 0 Å². The lowest BCUT2D eigenvalue weighted by atomic mass is 10.2. The Morgan fingerprint density at radius 2 is 2.33 bits per heavy atom. The van der Waals surface area contributed by atoms with E-state index in [1.165, 1.54) is 7.11 Å². The minimum atomic E-state index is -0.397. The Balaban J connectivity index is 2.80. The summed E-state index contributed by atoms with van der Waals surface area (Å²) in [7, 11) is 3.15. The van der Waals surface area contributed by atoms with Gasteiger partial charge in [0.2, 0.25) is 0 Å². The Kier molecular flexibility index (Phi) is 2.44. The molecule has 0 saturated heterocycles. The molecule has 0 aliphatic carbocycles. The number of halogens is 1. The summed E-state index contributed by atoms with van der Waals surface area (Å²) in [6, 6.07) is 1.62. The normalized spacial score (nSPS) is 10.6. The molecule has 78 valence electrons. The van der Waals surface area contributed by atoms with Gasteiger partial charge in [-0.15, -0.1) is 0 Å². The molecule has 2 aromatic rings. The number of pyridine rings is 1. The van der Waals surface area contributed by atoms with E-state index < -0.39 is 5.97 Å². The van der Waals surface area contributed by atoms with Crippen molar-refractivity contribution in [3.63, 3.8) is 0 Å². The number of esters is 1. The average molecular weight is 270 g/mol. The molecule has 2 rings (SSSR count). The molecule has 6 heteroatoms. The molecule has 0 fully saturated rings. The van der Waals surface area contributed by atoms with Crippen LogP contribution in [0.1, 0.15) is 10.4 Å². The van der Waals surface area contributed by atoms with Gasteiger partial charge in [-0.2, -0.15) is 0 Å². The van der Waals surface area contributed by atoms with E-state index in [0.717, 1.165) is 0 Å². The molecular formula is C9H8BrN3O2. The number of imidazole rings is 1. The minimum Gasteiger partial charge on any atom is -0.465 e. The number of rotatable bonds is 1. The van der Waals surface area contributed by atoms with Crippen molar-refractivity contribution in [1.82, 2.24) is 14.5 Å². The van der Waals surface area contributed by atoms with Gasteiger partial charge in [0.05, 0.1) is 19.0 Å². The molecule has 2 aromatic heterocycles. The lowest BCUT2D eigenvalue weighted by Crippen LogP contribution is -2.05. The van der Waals surface area contributed by atoms with Gasteiger partial charge in [0.25, 0.3) is 0 Å². The minimum absolute atomic E-state index is 0.397. The summed E-state index contributed by atoms with van der Waals surface area (Å²) < 4.78 is 7.00. The number of carbonyl (C=O) groups is 1. The summed E-state index contributed by atoms with van der Waals surface area (Å²) in [5.74, 6) is -0.397. The number of aromatic nitrogens is 3. The number of methoxy groups -OCH3 is 1. The number of hydrogen-bond acceptors (Lipinski definition) is 4. The van der Waals surface area contributed by atoms with E-state index in [4.69, 9.17) is 4.74 Å². The molecular weight excluding hydrogens is 262 g/mol. The van der Waals surface area contributed by atoms with Crippen molar-refractivity contribution in [2.24, 2.45) is 7.05 Å².